The number of rotatable bonds is 5. The number of benzene rings is 2. The first-order chi connectivity index (χ1) is 12.8. The van der Waals surface area contributed by atoms with Crippen molar-refractivity contribution in [1.82, 2.24) is 9.38 Å². The van der Waals surface area contributed by atoms with Crippen LogP contribution in [0.3, 0.4) is 0 Å². The van der Waals surface area contributed by atoms with Crippen LogP contribution in [0.2, 0.25) is 0 Å². The average molecular weight is 367 g/mol. The number of quaternary nitrogens is 1. The molecular weight excluding hydrogens is 344 g/mol. The van der Waals surface area contributed by atoms with Gasteiger partial charge in [0.05, 0.1) is 41.4 Å². The van der Waals surface area contributed by atoms with Crippen LogP contribution in [0.5, 0.6) is 5.75 Å². The Morgan fingerprint density at radius 3 is 2.74 bits per heavy atom. The number of imidazole rings is 1. The SMILES string of the molecule is Cc1nc2ccc(NCCC[N+](C)(C)O)c3c(=O)c4cc(O)ccc4n1c23. The topological polar surface area (TPSA) is 86.9 Å². The van der Waals surface area contributed by atoms with Crippen LogP contribution in [-0.4, -0.2) is 51.5 Å². The molecule has 0 aliphatic rings. The van der Waals surface area contributed by atoms with E-state index in [1.54, 1.807) is 26.2 Å². The number of nitrogens with one attached hydrogen (secondary N) is 1. The van der Waals surface area contributed by atoms with E-state index >= 15 is 0 Å². The summed E-state index contributed by atoms with van der Waals surface area (Å²) in [5.41, 5.74) is 2.92. The Balaban J connectivity index is 1.89. The normalized spacial score (nSPS) is 12.4. The molecule has 0 unspecified atom stereocenters. The molecule has 0 aliphatic carbocycles. The lowest BCUT2D eigenvalue weighted by Gasteiger charge is -2.19. The molecule has 4 aromatic rings. The molecule has 0 bridgehead atoms. The Labute approximate surface area is 156 Å². The summed E-state index contributed by atoms with van der Waals surface area (Å²) >= 11 is 0. The molecule has 2 heterocycles. The molecule has 0 fully saturated rings. The third-order valence-corrected chi connectivity index (χ3v) is 4.88. The third kappa shape index (κ3) is 2.94. The molecule has 4 rings (SSSR count). The molecule has 0 atom stereocenters. The Morgan fingerprint density at radius 1 is 1.22 bits per heavy atom. The third-order valence-electron chi connectivity index (χ3n) is 4.88. The van der Waals surface area contributed by atoms with Crippen LogP contribution in [0.1, 0.15) is 12.2 Å². The second kappa shape index (κ2) is 6.07. The smallest absolute Gasteiger partial charge is 0.199 e. The fourth-order valence-electron chi connectivity index (χ4n) is 3.68. The minimum atomic E-state index is -0.125. The summed E-state index contributed by atoms with van der Waals surface area (Å²) in [4.78, 5) is 17.8. The number of pyridine rings is 1. The number of fused-ring (bicyclic) bond motifs is 2. The number of nitrogens with zero attached hydrogens (tertiary/aromatic N) is 3. The van der Waals surface area contributed by atoms with Crippen LogP contribution in [0.4, 0.5) is 5.69 Å². The summed E-state index contributed by atoms with van der Waals surface area (Å²) in [6, 6.07) is 8.63. The van der Waals surface area contributed by atoms with E-state index in [-0.39, 0.29) is 15.8 Å². The van der Waals surface area contributed by atoms with Crippen LogP contribution >= 0.6 is 0 Å². The molecule has 140 valence electrons. The number of phenolic OH excluding ortho intramolecular Hbond substituents is 1. The van der Waals surface area contributed by atoms with Crippen molar-refractivity contribution < 1.29 is 15.0 Å². The molecule has 27 heavy (non-hydrogen) atoms. The maximum Gasteiger partial charge on any atom is 0.199 e. The van der Waals surface area contributed by atoms with Gasteiger partial charge < -0.3 is 10.4 Å². The molecule has 3 N–H and O–H groups in total. The quantitative estimate of drug-likeness (QED) is 0.219. The maximum atomic E-state index is 13.2. The van der Waals surface area contributed by atoms with Crippen LogP contribution in [0.25, 0.3) is 27.3 Å². The van der Waals surface area contributed by atoms with Gasteiger partial charge in [-0.15, -0.1) is 0 Å². The second-order valence-corrected chi connectivity index (χ2v) is 7.51. The largest absolute Gasteiger partial charge is 0.508 e. The van der Waals surface area contributed by atoms with Crippen molar-refractivity contribution in [3.05, 3.63) is 46.4 Å². The highest BCUT2D eigenvalue weighted by Gasteiger charge is 2.19. The van der Waals surface area contributed by atoms with Crippen molar-refractivity contribution in [2.24, 2.45) is 0 Å². The van der Waals surface area contributed by atoms with Gasteiger partial charge in [-0.2, -0.15) is 4.65 Å². The van der Waals surface area contributed by atoms with E-state index in [1.807, 2.05) is 23.5 Å². The van der Waals surface area contributed by atoms with Crippen molar-refractivity contribution in [2.45, 2.75) is 13.3 Å². The molecule has 0 spiro atoms. The van der Waals surface area contributed by atoms with Crippen molar-refractivity contribution in [2.75, 3.05) is 32.5 Å². The number of phenols is 1. The lowest BCUT2D eigenvalue weighted by atomic mass is 10.1. The fraction of sp³-hybridized carbons (Fsp3) is 0.300. The fourth-order valence-corrected chi connectivity index (χ4v) is 3.68. The molecule has 7 nitrogen and oxygen atoms in total. The van der Waals surface area contributed by atoms with Gasteiger partial charge in [-0.1, -0.05) is 0 Å². The van der Waals surface area contributed by atoms with Crippen molar-refractivity contribution in [3.8, 4) is 5.75 Å². The van der Waals surface area contributed by atoms with E-state index in [1.165, 1.54) is 6.07 Å². The second-order valence-electron chi connectivity index (χ2n) is 7.51. The van der Waals surface area contributed by atoms with Gasteiger partial charge in [0.25, 0.3) is 0 Å². The van der Waals surface area contributed by atoms with Crippen molar-refractivity contribution >= 4 is 33.0 Å². The molecule has 2 aromatic heterocycles. The van der Waals surface area contributed by atoms with Crippen molar-refractivity contribution in [3.63, 3.8) is 0 Å². The first-order valence-corrected chi connectivity index (χ1v) is 8.96. The molecule has 7 heteroatoms. The minimum Gasteiger partial charge on any atom is -0.508 e. The van der Waals surface area contributed by atoms with E-state index in [0.717, 1.165) is 34.5 Å². The van der Waals surface area contributed by atoms with Gasteiger partial charge in [-0.3, -0.25) is 9.20 Å². The molecule has 0 amide bonds. The lowest BCUT2D eigenvalue weighted by Crippen LogP contribution is -2.36. The van der Waals surface area contributed by atoms with E-state index in [0.29, 0.717) is 23.9 Å². The average Bonchev–Trinajstić information content (AvgIpc) is 2.92. The molecule has 0 saturated carbocycles. The van der Waals surface area contributed by atoms with Gasteiger partial charge in [0.15, 0.2) is 5.43 Å². The number of aromatic nitrogens is 2. The molecular formula is C20H23N4O3+. The number of hydrogen-bond acceptors (Lipinski definition) is 5. The molecule has 0 saturated heterocycles. The van der Waals surface area contributed by atoms with Crippen LogP contribution in [0, 0.1) is 6.92 Å². The predicted octanol–water partition coefficient (Wildman–Crippen LogP) is 2.72. The molecule has 0 aliphatic heterocycles. The van der Waals surface area contributed by atoms with Crippen LogP contribution < -0.4 is 10.7 Å². The monoisotopic (exact) mass is 367 g/mol. The number of anilines is 1. The Bertz CT molecular complexity index is 1210. The molecule has 0 radical (unpaired) electrons. The zero-order chi connectivity index (χ0) is 19.3. The van der Waals surface area contributed by atoms with Gasteiger partial charge in [0.1, 0.15) is 18.1 Å². The first-order valence-electron chi connectivity index (χ1n) is 8.96. The van der Waals surface area contributed by atoms with Crippen LogP contribution in [0.15, 0.2) is 35.1 Å². The number of aryl methyl sites for hydroxylation is 1. The van der Waals surface area contributed by atoms with Gasteiger partial charge >= 0.3 is 0 Å². The van der Waals surface area contributed by atoms with Crippen LogP contribution in [-0.2, 0) is 0 Å². The number of aromatic hydroxyl groups is 1. The maximum absolute atomic E-state index is 13.2. The minimum absolute atomic E-state index is 0.0629. The Kier molecular flexibility index (Phi) is 3.94. The lowest BCUT2D eigenvalue weighted by molar-refractivity contribution is -1.07. The van der Waals surface area contributed by atoms with E-state index < -0.39 is 0 Å². The highest BCUT2D eigenvalue weighted by Crippen LogP contribution is 2.30. The Morgan fingerprint density at radius 2 is 2.00 bits per heavy atom. The zero-order valence-corrected chi connectivity index (χ0v) is 15.7. The van der Waals surface area contributed by atoms with E-state index in [9.17, 15) is 15.1 Å². The van der Waals surface area contributed by atoms with Gasteiger partial charge in [-0.05, 0) is 37.3 Å². The highest BCUT2D eigenvalue weighted by atomic mass is 16.5. The Hall–Kier alpha value is -2.90. The summed E-state index contributed by atoms with van der Waals surface area (Å²) in [5, 5.41) is 24.0. The summed E-state index contributed by atoms with van der Waals surface area (Å²) in [6.45, 7) is 3.14. The summed E-state index contributed by atoms with van der Waals surface area (Å²) in [7, 11) is 3.45. The first kappa shape index (κ1) is 17.5. The number of hydrogen-bond donors (Lipinski definition) is 3. The van der Waals surface area contributed by atoms with Gasteiger partial charge in [-0.25, -0.2) is 10.2 Å². The van der Waals surface area contributed by atoms with Crippen molar-refractivity contribution in [1.29, 1.82) is 0 Å². The molecule has 2 aromatic carbocycles. The summed E-state index contributed by atoms with van der Waals surface area (Å²) < 4.78 is 1.88. The van der Waals surface area contributed by atoms with E-state index in [4.69, 9.17) is 0 Å². The summed E-state index contributed by atoms with van der Waals surface area (Å²) in [5.74, 6) is 0.857. The predicted molar refractivity (Wildman–Crippen MR) is 106 cm³/mol. The van der Waals surface area contributed by atoms with Gasteiger partial charge in [0.2, 0.25) is 0 Å². The number of hydroxylamine groups is 3. The summed E-state index contributed by atoms with van der Waals surface area (Å²) in [6.07, 6.45) is 0.755. The highest BCUT2D eigenvalue weighted by molar-refractivity contribution is 6.07. The zero-order valence-electron chi connectivity index (χ0n) is 15.7. The standard InChI is InChI=1S/C20H22N4O3/c1-12-22-16-7-6-15(21-9-4-10-24(2,3)27)18-19(16)23(12)17-8-5-13(25)11-14(17)20(18)26/h5-8,11,27H,4,9-10H2,1-3H3,(H-,21,25,26)/p+1. The van der Waals surface area contributed by atoms with Gasteiger partial charge in [0, 0.05) is 18.7 Å². The van der Waals surface area contributed by atoms with E-state index in [2.05, 4.69) is 10.3 Å².